The molecule has 0 radical (unpaired) electrons. The number of carbonyl (C=O) groups is 3. The molecule has 142 valence electrons. The fourth-order valence-corrected chi connectivity index (χ4v) is 3.31. The van der Waals surface area contributed by atoms with Gasteiger partial charge in [-0.3, -0.25) is 14.4 Å². The van der Waals surface area contributed by atoms with Crippen LogP contribution in [0, 0.1) is 5.41 Å². The van der Waals surface area contributed by atoms with Crippen molar-refractivity contribution >= 4 is 27.6 Å². The van der Waals surface area contributed by atoms with Crippen molar-refractivity contribution in [2.45, 2.75) is 18.7 Å². The van der Waals surface area contributed by atoms with Gasteiger partial charge in [0, 0.05) is 38.0 Å². The van der Waals surface area contributed by atoms with Gasteiger partial charge >= 0.3 is 5.97 Å². The number of carbonyl (C=O) groups excluding carboxylic acids is 2. The number of carboxylic acids is 1. The van der Waals surface area contributed by atoms with E-state index in [0.717, 1.165) is 6.26 Å². The first-order chi connectivity index (χ1) is 11.9. The Morgan fingerprint density at radius 1 is 1.04 bits per heavy atom. The molecule has 0 spiro atoms. The quantitative estimate of drug-likeness (QED) is 0.758. The molecule has 1 heterocycles. The molecule has 1 fully saturated rings. The van der Waals surface area contributed by atoms with Crippen LogP contribution < -0.4 is 0 Å². The largest absolute Gasteiger partial charge is 0.480 e. The molecule has 0 saturated carbocycles. The number of nitrogens with zero attached hydrogens (tertiary/aromatic N) is 2. The van der Waals surface area contributed by atoms with E-state index in [9.17, 15) is 22.8 Å². The molecule has 1 aromatic rings. The summed E-state index contributed by atoms with van der Waals surface area (Å²) in [5.74, 6) is -2.00. The highest BCUT2D eigenvalue weighted by Gasteiger charge is 2.40. The number of carboxylic acid groups (broad SMARTS) is 1. The molecule has 8 nitrogen and oxygen atoms in total. The first kappa shape index (κ1) is 19.9. The van der Waals surface area contributed by atoms with E-state index in [-0.39, 0.29) is 42.5 Å². The molecule has 26 heavy (non-hydrogen) atoms. The third-order valence-corrected chi connectivity index (χ3v) is 5.54. The topological polar surface area (TPSA) is 112 Å². The maximum Gasteiger partial charge on any atom is 0.318 e. The van der Waals surface area contributed by atoms with E-state index in [1.807, 2.05) is 0 Å². The summed E-state index contributed by atoms with van der Waals surface area (Å²) >= 11 is 0. The third-order valence-electron chi connectivity index (χ3n) is 4.43. The second-order valence-electron chi connectivity index (χ2n) is 6.81. The minimum Gasteiger partial charge on any atom is -0.480 e. The number of hydrogen-bond donors (Lipinski definition) is 1. The lowest BCUT2D eigenvalue weighted by atomic mass is 9.91. The minimum atomic E-state index is -3.41. The van der Waals surface area contributed by atoms with Gasteiger partial charge in [0.1, 0.15) is 5.41 Å². The van der Waals surface area contributed by atoms with Gasteiger partial charge in [-0.15, -0.1) is 0 Å². The molecular formula is C17H22N2O6S. The van der Waals surface area contributed by atoms with Gasteiger partial charge in [0.2, 0.25) is 5.91 Å². The Balaban J connectivity index is 2.08. The smallest absolute Gasteiger partial charge is 0.318 e. The fourth-order valence-electron chi connectivity index (χ4n) is 2.64. The highest BCUT2D eigenvalue weighted by atomic mass is 32.2. The van der Waals surface area contributed by atoms with Crippen LogP contribution in [-0.2, 0) is 19.4 Å². The van der Waals surface area contributed by atoms with Crippen molar-refractivity contribution < 1.29 is 27.9 Å². The maximum atomic E-state index is 12.6. The van der Waals surface area contributed by atoms with Gasteiger partial charge in [-0.1, -0.05) is 6.07 Å². The predicted octanol–water partition coefficient (Wildman–Crippen LogP) is 0.485. The number of amides is 2. The van der Waals surface area contributed by atoms with Crippen molar-refractivity contribution in [2.75, 3.05) is 32.4 Å². The Morgan fingerprint density at radius 2 is 1.58 bits per heavy atom. The Bertz CT molecular complexity index is 839. The summed E-state index contributed by atoms with van der Waals surface area (Å²) in [7, 11) is -3.41. The first-order valence-electron chi connectivity index (χ1n) is 8.07. The van der Waals surface area contributed by atoms with Gasteiger partial charge < -0.3 is 14.9 Å². The molecule has 0 bridgehead atoms. The molecule has 2 rings (SSSR count). The van der Waals surface area contributed by atoms with Crippen molar-refractivity contribution in [1.82, 2.24) is 9.80 Å². The number of hydrogen-bond acceptors (Lipinski definition) is 5. The van der Waals surface area contributed by atoms with Gasteiger partial charge in [0.05, 0.1) is 4.90 Å². The van der Waals surface area contributed by atoms with Crippen LogP contribution in [0.3, 0.4) is 0 Å². The van der Waals surface area contributed by atoms with Crippen molar-refractivity contribution in [2.24, 2.45) is 5.41 Å². The van der Waals surface area contributed by atoms with Crippen LogP contribution in [-0.4, -0.2) is 73.5 Å². The number of benzene rings is 1. The molecule has 0 aromatic heterocycles. The second kappa shape index (κ2) is 7.06. The lowest BCUT2D eigenvalue weighted by Crippen LogP contribution is -2.54. The van der Waals surface area contributed by atoms with Crippen LogP contribution >= 0.6 is 0 Å². The second-order valence-corrected chi connectivity index (χ2v) is 8.83. The Morgan fingerprint density at radius 3 is 2.08 bits per heavy atom. The van der Waals surface area contributed by atoms with Gasteiger partial charge in [-0.2, -0.15) is 0 Å². The molecule has 1 N–H and O–H groups in total. The molecule has 1 aliphatic heterocycles. The van der Waals surface area contributed by atoms with Gasteiger partial charge in [0.15, 0.2) is 9.84 Å². The third kappa shape index (κ3) is 4.04. The molecule has 0 aliphatic carbocycles. The number of rotatable bonds is 4. The summed E-state index contributed by atoms with van der Waals surface area (Å²) in [6, 6.07) is 5.82. The Hall–Kier alpha value is -2.42. The van der Waals surface area contributed by atoms with Crippen LogP contribution in [0.4, 0.5) is 0 Å². The zero-order chi connectivity index (χ0) is 19.7. The molecule has 0 unspecified atom stereocenters. The van der Waals surface area contributed by atoms with Gasteiger partial charge in [-0.25, -0.2) is 8.42 Å². The number of sulfone groups is 1. The molecule has 0 atom stereocenters. The molecular weight excluding hydrogens is 360 g/mol. The zero-order valence-corrected chi connectivity index (χ0v) is 15.7. The van der Waals surface area contributed by atoms with Crippen LogP contribution in [0.15, 0.2) is 29.2 Å². The van der Waals surface area contributed by atoms with E-state index < -0.39 is 27.1 Å². The fraction of sp³-hybridized carbons (Fsp3) is 0.471. The van der Waals surface area contributed by atoms with Crippen LogP contribution in [0.5, 0.6) is 0 Å². The maximum absolute atomic E-state index is 12.6. The lowest BCUT2D eigenvalue weighted by Gasteiger charge is -2.37. The zero-order valence-electron chi connectivity index (χ0n) is 14.9. The average Bonchev–Trinajstić information content (AvgIpc) is 2.59. The molecule has 1 aliphatic rings. The van der Waals surface area contributed by atoms with Crippen molar-refractivity contribution in [3.05, 3.63) is 29.8 Å². The molecule has 1 saturated heterocycles. The van der Waals surface area contributed by atoms with Crippen LogP contribution in [0.1, 0.15) is 24.2 Å². The monoisotopic (exact) mass is 382 g/mol. The molecule has 2 amide bonds. The highest BCUT2D eigenvalue weighted by molar-refractivity contribution is 7.90. The van der Waals surface area contributed by atoms with E-state index in [4.69, 9.17) is 5.11 Å². The van der Waals surface area contributed by atoms with Crippen LogP contribution in [0.25, 0.3) is 0 Å². The summed E-state index contributed by atoms with van der Waals surface area (Å²) in [6.45, 7) is 3.67. The first-order valence-corrected chi connectivity index (χ1v) is 9.96. The van der Waals surface area contributed by atoms with Crippen LogP contribution in [0.2, 0.25) is 0 Å². The lowest BCUT2D eigenvalue weighted by molar-refractivity contribution is -0.159. The minimum absolute atomic E-state index is 0.0698. The van der Waals surface area contributed by atoms with E-state index in [0.29, 0.717) is 0 Å². The van der Waals surface area contributed by atoms with E-state index in [2.05, 4.69) is 0 Å². The summed E-state index contributed by atoms with van der Waals surface area (Å²) in [4.78, 5) is 39.2. The number of piperazine rings is 1. The van der Waals surface area contributed by atoms with E-state index in [1.165, 1.54) is 41.8 Å². The van der Waals surface area contributed by atoms with E-state index in [1.54, 1.807) is 6.07 Å². The summed E-state index contributed by atoms with van der Waals surface area (Å²) in [6.07, 6.45) is 1.07. The Kier molecular flexibility index (Phi) is 5.41. The summed E-state index contributed by atoms with van der Waals surface area (Å²) in [5, 5.41) is 9.16. The normalized spacial score (nSPS) is 15.7. The standard InChI is InChI=1S/C17H22N2O6S/c1-17(2,16(22)23)15(21)19-9-7-18(8-10-19)14(20)12-5-4-6-13(11-12)26(3,24)25/h4-6,11H,7-10H2,1-3H3,(H,22,23). The van der Waals surface area contributed by atoms with Crippen molar-refractivity contribution in [3.63, 3.8) is 0 Å². The Labute approximate surface area is 152 Å². The van der Waals surface area contributed by atoms with Gasteiger partial charge in [0.25, 0.3) is 5.91 Å². The van der Waals surface area contributed by atoms with Crippen molar-refractivity contribution in [1.29, 1.82) is 0 Å². The molecule has 1 aromatic carbocycles. The summed E-state index contributed by atoms with van der Waals surface area (Å²) in [5.41, 5.74) is -1.26. The van der Waals surface area contributed by atoms with Gasteiger partial charge in [-0.05, 0) is 32.0 Å². The highest BCUT2D eigenvalue weighted by Crippen LogP contribution is 2.21. The number of aliphatic carboxylic acids is 1. The summed E-state index contributed by atoms with van der Waals surface area (Å²) < 4.78 is 23.3. The predicted molar refractivity (Wildman–Crippen MR) is 93.5 cm³/mol. The average molecular weight is 382 g/mol. The molecule has 9 heteroatoms. The van der Waals surface area contributed by atoms with E-state index >= 15 is 0 Å². The van der Waals surface area contributed by atoms with Crippen molar-refractivity contribution in [3.8, 4) is 0 Å². The SMILES string of the molecule is CC(C)(C(=O)O)C(=O)N1CCN(C(=O)c2cccc(S(C)(=O)=O)c2)CC1.